The molecule has 3 N–H and O–H groups in total. The SMILES string of the molecule is CC(C)C(CC(=O)O)NC(=O)N1CCNC(=O)C1(C)C. The van der Waals surface area contributed by atoms with E-state index in [4.69, 9.17) is 5.11 Å². The van der Waals surface area contributed by atoms with Crippen LogP contribution in [0.3, 0.4) is 0 Å². The van der Waals surface area contributed by atoms with Crippen LogP contribution in [0.5, 0.6) is 0 Å². The van der Waals surface area contributed by atoms with Gasteiger partial charge in [0.05, 0.1) is 6.42 Å². The third kappa shape index (κ3) is 3.61. The zero-order valence-electron chi connectivity index (χ0n) is 12.4. The number of piperazine rings is 1. The molecular formula is C13H23N3O4. The quantitative estimate of drug-likeness (QED) is 0.696. The summed E-state index contributed by atoms with van der Waals surface area (Å²) in [5.41, 5.74) is -0.937. The van der Waals surface area contributed by atoms with Crippen LogP contribution in [0.1, 0.15) is 34.1 Å². The van der Waals surface area contributed by atoms with Crippen molar-refractivity contribution in [3.8, 4) is 0 Å². The molecule has 114 valence electrons. The molecule has 1 aliphatic heterocycles. The van der Waals surface area contributed by atoms with E-state index in [2.05, 4.69) is 10.6 Å². The highest BCUT2D eigenvalue weighted by molar-refractivity contribution is 5.91. The smallest absolute Gasteiger partial charge is 0.318 e. The van der Waals surface area contributed by atoms with E-state index in [9.17, 15) is 14.4 Å². The Morgan fingerprint density at radius 3 is 2.55 bits per heavy atom. The van der Waals surface area contributed by atoms with Gasteiger partial charge < -0.3 is 20.6 Å². The van der Waals surface area contributed by atoms with Gasteiger partial charge in [0.25, 0.3) is 0 Å². The average Bonchev–Trinajstić information content (AvgIpc) is 2.30. The van der Waals surface area contributed by atoms with Crippen LogP contribution in [0.15, 0.2) is 0 Å². The lowest BCUT2D eigenvalue weighted by Gasteiger charge is -2.41. The van der Waals surface area contributed by atoms with Gasteiger partial charge in [-0.25, -0.2) is 4.79 Å². The second kappa shape index (κ2) is 6.11. The highest BCUT2D eigenvalue weighted by atomic mass is 16.4. The van der Waals surface area contributed by atoms with E-state index < -0.39 is 23.6 Å². The molecule has 0 saturated carbocycles. The molecule has 1 aliphatic rings. The Bertz CT molecular complexity index is 406. The van der Waals surface area contributed by atoms with Crippen molar-refractivity contribution in [1.82, 2.24) is 15.5 Å². The minimum atomic E-state index is -0.959. The van der Waals surface area contributed by atoms with E-state index in [1.807, 2.05) is 13.8 Å². The molecule has 0 aromatic heterocycles. The van der Waals surface area contributed by atoms with Gasteiger partial charge in [-0.15, -0.1) is 0 Å². The second-order valence-corrected chi connectivity index (χ2v) is 5.86. The van der Waals surface area contributed by atoms with Crippen molar-refractivity contribution < 1.29 is 19.5 Å². The first kappa shape index (κ1) is 16.3. The maximum atomic E-state index is 12.3. The van der Waals surface area contributed by atoms with Gasteiger partial charge in [0.1, 0.15) is 5.54 Å². The fraction of sp³-hybridized carbons (Fsp3) is 0.769. The molecule has 1 atom stereocenters. The Morgan fingerprint density at radius 1 is 1.45 bits per heavy atom. The molecule has 3 amide bonds. The Balaban J connectivity index is 2.77. The van der Waals surface area contributed by atoms with Crippen LogP contribution in [0.4, 0.5) is 4.79 Å². The fourth-order valence-electron chi connectivity index (χ4n) is 2.13. The third-order valence-corrected chi connectivity index (χ3v) is 3.60. The number of carboxylic acid groups (broad SMARTS) is 1. The van der Waals surface area contributed by atoms with Crippen LogP contribution in [0.25, 0.3) is 0 Å². The summed E-state index contributed by atoms with van der Waals surface area (Å²) in [4.78, 5) is 36.4. The van der Waals surface area contributed by atoms with Crippen molar-refractivity contribution in [2.75, 3.05) is 13.1 Å². The van der Waals surface area contributed by atoms with Gasteiger partial charge in [-0.3, -0.25) is 9.59 Å². The van der Waals surface area contributed by atoms with Crippen molar-refractivity contribution in [2.24, 2.45) is 5.92 Å². The summed E-state index contributed by atoms with van der Waals surface area (Å²) in [6, 6.07) is -0.856. The van der Waals surface area contributed by atoms with Crippen LogP contribution >= 0.6 is 0 Å². The van der Waals surface area contributed by atoms with Gasteiger partial charge in [0.2, 0.25) is 5.91 Å². The van der Waals surface area contributed by atoms with Crippen LogP contribution in [0.2, 0.25) is 0 Å². The minimum Gasteiger partial charge on any atom is -0.481 e. The van der Waals surface area contributed by atoms with Crippen molar-refractivity contribution in [3.63, 3.8) is 0 Å². The highest BCUT2D eigenvalue weighted by Gasteiger charge is 2.41. The molecule has 7 heteroatoms. The maximum absolute atomic E-state index is 12.3. The second-order valence-electron chi connectivity index (χ2n) is 5.86. The first-order valence-corrected chi connectivity index (χ1v) is 6.74. The predicted molar refractivity (Wildman–Crippen MR) is 73.2 cm³/mol. The normalized spacial score (nSPS) is 19.4. The van der Waals surface area contributed by atoms with Crippen molar-refractivity contribution in [3.05, 3.63) is 0 Å². The number of hydrogen-bond donors (Lipinski definition) is 3. The van der Waals surface area contributed by atoms with Crippen LogP contribution in [-0.2, 0) is 9.59 Å². The molecule has 1 fully saturated rings. The third-order valence-electron chi connectivity index (χ3n) is 3.60. The molecule has 0 spiro atoms. The zero-order valence-corrected chi connectivity index (χ0v) is 12.4. The van der Waals surface area contributed by atoms with Crippen LogP contribution < -0.4 is 10.6 Å². The van der Waals surface area contributed by atoms with Crippen molar-refractivity contribution in [2.45, 2.75) is 45.7 Å². The Labute approximate surface area is 118 Å². The summed E-state index contributed by atoms with van der Waals surface area (Å²) in [7, 11) is 0. The van der Waals surface area contributed by atoms with E-state index in [0.717, 1.165) is 0 Å². The number of carbonyl (C=O) groups excluding carboxylic acids is 2. The maximum Gasteiger partial charge on any atom is 0.318 e. The molecule has 1 heterocycles. The standard InChI is InChI=1S/C13H23N3O4/c1-8(2)9(7-10(17)18)15-12(20)16-6-5-14-11(19)13(16,3)4/h8-9H,5-7H2,1-4H3,(H,14,19)(H,15,20)(H,17,18). The molecule has 1 unspecified atom stereocenters. The summed E-state index contributed by atoms with van der Waals surface area (Å²) in [5.74, 6) is -1.17. The predicted octanol–water partition coefficient (Wildman–Crippen LogP) is 0.406. The molecule has 7 nitrogen and oxygen atoms in total. The summed E-state index contributed by atoms with van der Waals surface area (Å²) in [6.45, 7) is 7.85. The van der Waals surface area contributed by atoms with Crippen LogP contribution in [0, 0.1) is 5.92 Å². The molecule has 0 bridgehead atoms. The molecule has 1 rings (SSSR count). The lowest BCUT2D eigenvalue weighted by molar-refractivity contribution is -0.138. The number of carboxylic acids is 1. The first-order chi connectivity index (χ1) is 9.16. The van der Waals surface area contributed by atoms with Gasteiger partial charge in [0.15, 0.2) is 0 Å². The molecule has 20 heavy (non-hydrogen) atoms. The number of urea groups is 1. The van der Waals surface area contributed by atoms with Gasteiger partial charge >= 0.3 is 12.0 Å². The molecule has 0 aromatic carbocycles. The molecule has 0 aliphatic carbocycles. The lowest BCUT2D eigenvalue weighted by atomic mass is 9.98. The number of carbonyl (C=O) groups is 3. The number of amides is 3. The minimum absolute atomic E-state index is 0.00298. The number of nitrogens with one attached hydrogen (secondary N) is 2. The lowest BCUT2D eigenvalue weighted by Crippen LogP contribution is -2.66. The highest BCUT2D eigenvalue weighted by Crippen LogP contribution is 2.18. The fourth-order valence-corrected chi connectivity index (χ4v) is 2.13. The van der Waals surface area contributed by atoms with Crippen LogP contribution in [-0.4, -0.2) is 52.6 Å². The molecular weight excluding hydrogens is 262 g/mol. The van der Waals surface area contributed by atoms with Gasteiger partial charge in [-0.2, -0.15) is 0 Å². The molecule has 0 aromatic rings. The number of hydrogen-bond acceptors (Lipinski definition) is 3. The van der Waals surface area contributed by atoms with E-state index in [1.54, 1.807) is 13.8 Å². The Morgan fingerprint density at radius 2 is 2.05 bits per heavy atom. The first-order valence-electron chi connectivity index (χ1n) is 6.74. The van der Waals surface area contributed by atoms with Gasteiger partial charge in [-0.05, 0) is 19.8 Å². The molecule has 0 radical (unpaired) electrons. The van der Waals surface area contributed by atoms with E-state index in [-0.39, 0.29) is 18.2 Å². The molecule has 1 saturated heterocycles. The summed E-state index contributed by atoms with van der Waals surface area (Å²) >= 11 is 0. The summed E-state index contributed by atoms with van der Waals surface area (Å²) in [5, 5.41) is 14.3. The Kier molecular flexibility index (Phi) is 4.97. The van der Waals surface area contributed by atoms with Gasteiger partial charge in [0, 0.05) is 19.1 Å². The van der Waals surface area contributed by atoms with E-state index in [0.29, 0.717) is 13.1 Å². The Hall–Kier alpha value is -1.79. The zero-order chi connectivity index (χ0) is 15.5. The van der Waals surface area contributed by atoms with E-state index in [1.165, 1.54) is 4.90 Å². The van der Waals surface area contributed by atoms with Crippen molar-refractivity contribution in [1.29, 1.82) is 0 Å². The monoisotopic (exact) mass is 285 g/mol. The topological polar surface area (TPSA) is 98.7 Å². The summed E-state index contributed by atoms with van der Waals surface area (Å²) < 4.78 is 0. The number of nitrogens with zero attached hydrogens (tertiary/aromatic N) is 1. The van der Waals surface area contributed by atoms with Crippen molar-refractivity contribution >= 4 is 17.9 Å². The largest absolute Gasteiger partial charge is 0.481 e. The number of rotatable bonds is 4. The number of aliphatic carboxylic acids is 1. The van der Waals surface area contributed by atoms with E-state index >= 15 is 0 Å². The average molecular weight is 285 g/mol. The summed E-state index contributed by atoms with van der Waals surface area (Å²) in [6.07, 6.45) is -0.135. The van der Waals surface area contributed by atoms with Gasteiger partial charge in [-0.1, -0.05) is 13.8 Å².